The zero-order valence-electron chi connectivity index (χ0n) is 14.1. The van der Waals surface area contributed by atoms with Crippen LogP contribution in [0.2, 0.25) is 10.5 Å². The van der Waals surface area contributed by atoms with Crippen molar-refractivity contribution in [2.45, 2.75) is 21.1 Å². The van der Waals surface area contributed by atoms with Crippen LogP contribution in [0.4, 0.5) is 0 Å². The molecular weight excluding hydrogens is 324 g/mol. The predicted octanol–water partition coefficient (Wildman–Crippen LogP) is 3.15. The number of fused-ring (bicyclic) bond motifs is 1. The minimum absolute atomic E-state index is 0.669. The van der Waals surface area contributed by atoms with Crippen molar-refractivity contribution in [3.8, 4) is 0 Å². The Morgan fingerprint density at radius 1 is 1.09 bits per heavy atom. The molecule has 2 nitrogen and oxygen atoms in total. The van der Waals surface area contributed by atoms with E-state index in [1.165, 1.54) is 12.0 Å². The van der Waals surface area contributed by atoms with Gasteiger partial charge in [-0.15, -0.1) is 0 Å². The van der Waals surface area contributed by atoms with E-state index in [9.17, 15) is 0 Å². The number of hydrogen-bond acceptors (Lipinski definition) is 2. The van der Waals surface area contributed by atoms with Gasteiger partial charge in [-0.3, -0.25) is 0 Å². The molecule has 2 aliphatic rings. The van der Waals surface area contributed by atoms with Gasteiger partial charge in [0.15, 0.2) is 0 Å². The van der Waals surface area contributed by atoms with Gasteiger partial charge < -0.3 is 10.2 Å². The standard InChI is InChI=1S/C9H7.C5H5.2CH4O.2CH3.H2Si.Ti/c1-2-5-9-7-3-6-8(9)4-1;1-2-4-5-3-1;2*1-2;;;;/h1-7H;1-3H,4H2;2*2H,1H3;2*1H3;1H2;. The third-order valence-corrected chi connectivity index (χ3v) is 16.1. The van der Waals surface area contributed by atoms with Gasteiger partial charge in [0, 0.05) is 14.2 Å². The predicted molar refractivity (Wildman–Crippen MR) is 96.6 cm³/mol. The molecule has 3 rings (SSSR count). The fourth-order valence-electron chi connectivity index (χ4n) is 3.31. The van der Waals surface area contributed by atoms with E-state index in [4.69, 9.17) is 10.2 Å². The molecule has 0 amide bonds. The molecule has 1 unspecified atom stereocenters. The second-order valence-corrected chi connectivity index (χ2v) is 26.3. The van der Waals surface area contributed by atoms with E-state index in [2.05, 4.69) is 72.7 Å². The number of benzene rings is 1. The van der Waals surface area contributed by atoms with Crippen LogP contribution in [-0.4, -0.2) is 32.1 Å². The molecule has 1 aromatic rings. The molecule has 4 heteroatoms. The first-order valence-corrected chi connectivity index (χ1v) is 16.4. The molecule has 2 aliphatic carbocycles. The van der Waals surface area contributed by atoms with Crippen LogP contribution in [0.1, 0.15) is 21.8 Å². The monoisotopic (exact) mass is 352 g/mol. The maximum atomic E-state index is 7.00. The Balaban J connectivity index is 0.000000561. The van der Waals surface area contributed by atoms with Crippen LogP contribution in [-0.2, 0) is 14.0 Å². The summed E-state index contributed by atoms with van der Waals surface area (Å²) in [7, 11) is 4.33. The first kappa shape index (κ1) is 19.3. The van der Waals surface area contributed by atoms with Gasteiger partial charge in [0.1, 0.15) is 0 Å². The zero-order valence-corrected chi connectivity index (χ0v) is 17.1. The van der Waals surface area contributed by atoms with Crippen molar-refractivity contribution in [3.05, 3.63) is 63.6 Å². The van der Waals surface area contributed by atoms with E-state index in [0.717, 1.165) is 14.2 Å². The van der Waals surface area contributed by atoms with Crippen LogP contribution in [0.5, 0.6) is 0 Å². The van der Waals surface area contributed by atoms with E-state index >= 15 is 0 Å². The molecule has 0 aliphatic heterocycles. The van der Waals surface area contributed by atoms with Crippen LogP contribution in [0.3, 0.4) is 0 Å². The van der Waals surface area contributed by atoms with Gasteiger partial charge in [-0.2, -0.15) is 0 Å². The first-order valence-electron chi connectivity index (χ1n) is 7.58. The SMILES string of the molecule is CO.CO.[CH3][Ti]([CH3])(=[SiH2])([C]1=CC=CC1)[CH]1C=Cc2ccccc21. The zero-order chi connectivity index (χ0) is 16.8. The van der Waals surface area contributed by atoms with E-state index in [1.54, 1.807) is 9.44 Å². The number of rotatable bonds is 2. The molecule has 0 bridgehead atoms. The summed E-state index contributed by atoms with van der Waals surface area (Å²) in [6.07, 6.45) is 12.9. The van der Waals surface area contributed by atoms with Gasteiger partial charge >= 0.3 is 112 Å². The summed E-state index contributed by atoms with van der Waals surface area (Å²) < 4.78 is 2.40. The summed E-state index contributed by atoms with van der Waals surface area (Å²) in [5, 5.41) is 19.2. The first-order chi connectivity index (χ1) is 10.5. The minimum atomic E-state index is -2.59. The van der Waals surface area contributed by atoms with Crippen molar-refractivity contribution in [1.29, 1.82) is 0 Å². The summed E-state index contributed by atoms with van der Waals surface area (Å²) in [6.45, 7) is 0. The van der Waals surface area contributed by atoms with Gasteiger partial charge in [0.25, 0.3) is 0 Å². The second kappa shape index (κ2) is 7.71. The third kappa shape index (κ3) is 3.61. The van der Waals surface area contributed by atoms with Crippen LogP contribution in [0, 0.1) is 0 Å². The van der Waals surface area contributed by atoms with Gasteiger partial charge in [-0.25, -0.2) is 0 Å². The van der Waals surface area contributed by atoms with E-state index in [0.29, 0.717) is 4.22 Å². The number of aliphatic hydroxyl groups excluding tert-OH is 2. The fourth-order valence-corrected chi connectivity index (χ4v) is 11.8. The van der Waals surface area contributed by atoms with Crippen molar-refractivity contribution in [2.75, 3.05) is 14.2 Å². The van der Waals surface area contributed by atoms with Crippen molar-refractivity contribution >= 4 is 13.7 Å². The van der Waals surface area contributed by atoms with Gasteiger partial charge in [0.05, 0.1) is 0 Å². The Bertz CT molecular complexity index is 665. The molecule has 0 aromatic heterocycles. The summed E-state index contributed by atoms with van der Waals surface area (Å²) in [5.41, 5.74) is 2.99. The Hall–Kier alpha value is -0.709. The van der Waals surface area contributed by atoms with Crippen molar-refractivity contribution in [3.63, 3.8) is 0 Å². The van der Waals surface area contributed by atoms with Gasteiger partial charge in [-0.1, -0.05) is 0 Å². The summed E-state index contributed by atoms with van der Waals surface area (Å²) in [6, 6.07) is 8.91. The molecule has 22 heavy (non-hydrogen) atoms. The van der Waals surface area contributed by atoms with Crippen molar-refractivity contribution in [1.82, 2.24) is 0 Å². The molecule has 0 saturated carbocycles. The van der Waals surface area contributed by atoms with Crippen LogP contribution < -0.4 is 0 Å². The average Bonchev–Trinajstić information content (AvgIpc) is 3.21. The molecule has 0 radical (unpaired) electrons. The molecule has 1 aromatic carbocycles. The molecule has 1 atom stereocenters. The topological polar surface area (TPSA) is 40.5 Å². The Labute approximate surface area is 136 Å². The van der Waals surface area contributed by atoms with Crippen LogP contribution >= 0.6 is 0 Å². The molecule has 0 saturated heterocycles. The van der Waals surface area contributed by atoms with Gasteiger partial charge in [0.2, 0.25) is 0 Å². The second-order valence-electron chi connectivity index (χ2n) is 6.60. The van der Waals surface area contributed by atoms with Crippen molar-refractivity contribution < 1.29 is 24.3 Å². The van der Waals surface area contributed by atoms with E-state index < -0.39 is 14.0 Å². The number of allylic oxidation sites excluding steroid dienone is 5. The fraction of sp³-hybridized carbons (Fsp3) is 0.333. The van der Waals surface area contributed by atoms with Crippen molar-refractivity contribution in [2.24, 2.45) is 0 Å². The quantitative estimate of drug-likeness (QED) is 0.803. The summed E-state index contributed by atoms with van der Waals surface area (Å²) in [4.78, 5) is 0. The Morgan fingerprint density at radius 3 is 2.32 bits per heavy atom. The Morgan fingerprint density at radius 2 is 1.73 bits per heavy atom. The summed E-state index contributed by atoms with van der Waals surface area (Å²) in [5.74, 6) is 0. The Kier molecular flexibility index (Phi) is 6.78. The molecule has 120 valence electrons. The molecule has 0 spiro atoms. The van der Waals surface area contributed by atoms with Crippen LogP contribution in [0.15, 0.2) is 52.4 Å². The normalized spacial score (nSPS) is 18.7. The molecule has 2 N–H and O–H groups in total. The van der Waals surface area contributed by atoms with Gasteiger partial charge in [-0.05, 0) is 0 Å². The number of hydrogen-bond donors (Lipinski definition) is 2. The average molecular weight is 352 g/mol. The van der Waals surface area contributed by atoms with E-state index in [1.807, 2.05) is 0 Å². The third-order valence-electron chi connectivity index (χ3n) is 4.62. The summed E-state index contributed by atoms with van der Waals surface area (Å²) >= 11 is -2.59. The van der Waals surface area contributed by atoms with Crippen LogP contribution in [0.25, 0.3) is 6.08 Å². The molecule has 0 fully saturated rings. The van der Waals surface area contributed by atoms with E-state index in [-0.39, 0.29) is 0 Å². The number of aliphatic hydroxyl groups is 2. The molecular formula is C18H28O2SiTi. The molecule has 0 heterocycles. The maximum absolute atomic E-state index is 7.00.